The molecule has 0 aliphatic rings. The van der Waals surface area contributed by atoms with Crippen LogP contribution in [-0.4, -0.2) is 16.9 Å². The Morgan fingerprint density at radius 2 is 2.06 bits per heavy atom. The van der Waals surface area contributed by atoms with Crippen LogP contribution in [0.2, 0.25) is 0 Å². The van der Waals surface area contributed by atoms with Crippen LogP contribution >= 0.6 is 0 Å². The van der Waals surface area contributed by atoms with Crippen molar-refractivity contribution in [1.82, 2.24) is 5.16 Å². The van der Waals surface area contributed by atoms with E-state index in [-0.39, 0.29) is 12.2 Å². The zero-order valence-corrected chi connectivity index (χ0v) is 8.99. The van der Waals surface area contributed by atoms with Crippen LogP contribution in [0.15, 0.2) is 28.8 Å². The van der Waals surface area contributed by atoms with Crippen molar-refractivity contribution in [2.24, 2.45) is 0 Å². The molecule has 0 fully saturated rings. The lowest BCUT2D eigenvalue weighted by Crippen LogP contribution is -1.87. The molecule has 1 heterocycles. The van der Waals surface area contributed by atoms with Crippen molar-refractivity contribution in [2.45, 2.75) is 12.8 Å². The summed E-state index contributed by atoms with van der Waals surface area (Å²) in [5, 5.41) is 12.4. The van der Waals surface area contributed by atoms with Gasteiger partial charge in [-0.05, 0) is 18.6 Å². The topological polar surface area (TPSA) is 46.3 Å². The number of aromatic nitrogens is 1. The van der Waals surface area contributed by atoms with Crippen molar-refractivity contribution in [3.8, 4) is 11.3 Å². The maximum absolute atomic E-state index is 13.4. The Balaban J connectivity index is 2.24. The van der Waals surface area contributed by atoms with Gasteiger partial charge in [-0.2, -0.15) is 0 Å². The second-order valence-electron chi connectivity index (χ2n) is 3.63. The molecule has 90 valence electrons. The summed E-state index contributed by atoms with van der Waals surface area (Å²) in [7, 11) is 0. The smallest absolute Gasteiger partial charge is 0.137 e. The molecule has 17 heavy (non-hydrogen) atoms. The van der Waals surface area contributed by atoms with E-state index in [1.54, 1.807) is 6.07 Å². The Hall–Kier alpha value is -1.75. The fraction of sp³-hybridized carbons (Fsp3) is 0.250. The highest BCUT2D eigenvalue weighted by molar-refractivity contribution is 5.59. The summed E-state index contributed by atoms with van der Waals surface area (Å²) in [5.74, 6) is -0.736. The van der Waals surface area contributed by atoms with Crippen LogP contribution in [0.25, 0.3) is 11.3 Å². The minimum absolute atomic E-state index is 0.0565. The van der Waals surface area contributed by atoms with Crippen molar-refractivity contribution in [2.75, 3.05) is 6.61 Å². The predicted molar refractivity (Wildman–Crippen MR) is 57.3 cm³/mol. The maximum Gasteiger partial charge on any atom is 0.137 e. The molecule has 1 N–H and O–H groups in total. The van der Waals surface area contributed by atoms with Crippen LogP contribution in [0.5, 0.6) is 0 Å². The van der Waals surface area contributed by atoms with E-state index in [4.69, 9.17) is 9.63 Å². The van der Waals surface area contributed by atoms with Crippen LogP contribution in [0, 0.1) is 11.6 Å². The molecule has 0 aliphatic carbocycles. The molecule has 0 atom stereocenters. The number of benzene rings is 1. The van der Waals surface area contributed by atoms with Crippen LogP contribution in [-0.2, 0) is 6.42 Å². The van der Waals surface area contributed by atoms with Gasteiger partial charge in [0.05, 0.1) is 0 Å². The lowest BCUT2D eigenvalue weighted by Gasteiger charge is -1.97. The Labute approximate surface area is 96.7 Å². The lowest BCUT2D eigenvalue weighted by atomic mass is 10.1. The second kappa shape index (κ2) is 5.05. The molecule has 0 spiro atoms. The van der Waals surface area contributed by atoms with Gasteiger partial charge in [0.1, 0.15) is 23.1 Å². The van der Waals surface area contributed by atoms with Crippen molar-refractivity contribution >= 4 is 0 Å². The van der Waals surface area contributed by atoms with Crippen molar-refractivity contribution in [1.29, 1.82) is 0 Å². The summed E-state index contributed by atoms with van der Waals surface area (Å²) in [6.45, 7) is 0.0565. The first-order valence-electron chi connectivity index (χ1n) is 5.22. The Bertz CT molecular complexity index is 511. The monoisotopic (exact) mass is 239 g/mol. The minimum Gasteiger partial charge on any atom is -0.396 e. The highest BCUT2D eigenvalue weighted by Gasteiger charge is 2.11. The number of hydrogen-bond acceptors (Lipinski definition) is 3. The van der Waals surface area contributed by atoms with Gasteiger partial charge in [-0.15, -0.1) is 0 Å². The molecule has 2 aromatic rings. The van der Waals surface area contributed by atoms with Crippen LogP contribution < -0.4 is 0 Å². The number of nitrogens with zero attached hydrogens (tertiary/aromatic N) is 1. The number of rotatable bonds is 4. The molecule has 0 unspecified atom stereocenters. The van der Waals surface area contributed by atoms with E-state index in [9.17, 15) is 8.78 Å². The molecule has 1 aromatic heterocycles. The number of halogens is 2. The molecule has 2 rings (SSSR count). The second-order valence-corrected chi connectivity index (χ2v) is 3.63. The molecule has 0 saturated heterocycles. The highest BCUT2D eigenvalue weighted by Crippen LogP contribution is 2.23. The van der Waals surface area contributed by atoms with Gasteiger partial charge in [0.15, 0.2) is 0 Å². The number of aryl methyl sites for hydroxylation is 1. The van der Waals surface area contributed by atoms with E-state index in [0.717, 1.165) is 6.07 Å². The van der Waals surface area contributed by atoms with E-state index in [2.05, 4.69) is 5.16 Å². The van der Waals surface area contributed by atoms with Gasteiger partial charge < -0.3 is 9.63 Å². The first kappa shape index (κ1) is 11.7. The van der Waals surface area contributed by atoms with Gasteiger partial charge in [0.2, 0.25) is 0 Å². The normalized spacial score (nSPS) is 10.8. The van der Waals surface area contributed by atoms with Crippen molar-refractivity contribution < 1.29 is 18.4 Å². The molecule has 0 aliphatic heterocycles. The van der Waals surface area contributed by atoms with Crippen LogP contribution in [0.1, 0.15) is 12.2 Å². The molecular weight excluding hydrogens is 228 g/mol. The van der Waals surface area contributed by atoms with Crippen LogP contribution in [0.3, 0.4) is 0 Å². The Morgan fingerprint density at radius 1 is 1.24 bits per heavy atom. The molecule has 0 radical (unpaired) electrons. The Kier molecular flexibility index (Phi) is 3.49. The third-order valence-corrected chi connectivity index (χ3v) is 2.35. The summed E-state index contributed by atoms with van der Waals surface area (Å²) >= 11 is 0. The number of hydrogen-bond donors (Lipinski definition) is 1. The summed E-state index contributed by atoms with van der Waals surface area (Å²) in [6.07, 6.45) is 1.09. The third kappa shape index (κ3) is 2.68. The van der Waals surface area contributed by atoms with E-state index in [1.165, 1.54) is 12.1 Å². The highest BCUT2D eigenvalue weighted by atomic mass is 19.1. The van der Waals surface area contributed by atoms with Gasteiger partial charge in [-0.1, -0.05) is 5.16 Å². The largest absolute Gasteiger partial charge is 0.396 e. The SMILES string of the molecule is OCCCc1cc(-c2ccc(F)cc2F)no1. The van der Waals surface area contributed by atoms with E-state index >= 15 is 0 Å². The summed E-state index contributed by atoms with van der Waals surface area (Å²) < 4.78 is 31.1. The average molecular weight is 239 g/mol. The summed E-state index contributed by atoms with van der Waals surface area (Å²) in [4.78, 5) is 0. The number of aliphatic hydroxyl groups excluding tert-OH is 1. The molecule has 5 heteroatoms. The van der Waals surface area contributed by atoms with E-state index < -0.39 is 11.6 Å². The average Bonchev–Trinajstić information content (AvgIpc) is 2.75. The van der Waals surface area contributed by atoms with Gasteiger partial charge in [0, 0.05) is 30.7 Å². The predicted octanol–water partition coefficient (Wildman–Crippen LogP) is 2.54. The van der Waals surface area contributed by atoms with Gasteiger partial charge >= 0.3 is 0 Å². The molecular formula is C12H11F2NO2. The quantitative estimate of drug-likeness (QED) is 0.891. The minimum atomic E-state index is -0.674. The summed E-state index contributed by atoms with van der Waals surface area (Å²) in [6, 6.07) is 4.88. The van der Waals surface area contributed by atoms with Gasteiger partial charge in [-0.25, -0.2) is 8.78 Å². The fourth-order valence-corrected chi connectivity index (χ4v) is 1.51. The molecule has 0 saturated carbocycles. The van der Waals surface area contributed by atoms with E-state index in [1.807, 2.05) is 0 Å². The zero-order chi connectivity index (χ0) is 12.3. The molecule has 0 bridgehead atoms. The Morgan fingerprint density at radius 3 is 2.76 bits per heavy atom. The molecule has 3 nitrogen and oxygen atoms in total. The third-order valence-electron chi connectivity index (χ3n) is 2.35. The molecule has 1 aromatic carbocycles. The van der Waals surface area contributed by atoms with Gasteiger partial charge in [0.25, 0.3) is 0 Å². The first-order valence-corrected chi connectivity index (χ1v) is 5.22. The first-order chi connectivity index (χ1) is 8.20. The standard InChI is InChI=1S/C12H11F2NO2/c13-8-3-4-10(11(14)6-8)12-7-9(17-15-12)2-1-5-16/h3-4,6-7,16H,1-2,5H2. The van der Waals surface area contributed by atoms with Crippen molar-refractivity contribution in [3.05, 3.63) is 41.7 Å². The lowest BCUT2D eigenvalue weighted by molar-refractivity contribution is 0.280. The zero-order valence-electron chi connectivity index (χ0n) is 8.99. The molecule has 0 amide bonds. The summed E-state index contributed by atoms with van der Waals surface area (Å²) in [5.41, 5.74) is 0.529. The fourth-order valence-electron chi connectivity index (χ4n) is 1.51. The van der Waals surface area contributed by atoms with Crippen LogP contribution in [0.4, 0.5) is 8.78 Å². The number of aliphatic hydroxyl groups is 1. The van der Waals surface area contributed by atoms with Crippen molar-refractivity contribution in [3.63, 3.8) is 0 Å². The van der Waals surface area contributed by atoms with E-state index in [0.29, 0.717) is 24.3 Å². The van der Waals surface area contributed by atoms with Gasteiger partial charge in [-0.3, -0.25) is 0 Å². The maximum atomic E-state index is 13.4.